The third-order valence-electron chi connectivity index (χ3n) is 18.3. The highest BCUT2D eigenvalue weighted by Gasteiger charge is 2.44. The van der Waals surface area contributed by atoms with Gasteiger partial charge in [0.15, 0.2) is 0 Å². The Kier molecular flexibility index (Phi) is 43.8. The van der Waals surface area contributed by atoms with Gasteiger partial charge in [-0.2, -0.15) is 0 Å². The first kappa shape index (κ1) is 96.5. The number of likely N-dealkylation sites (tertiary alicyclic amines) is 1. The SMILES string of the molecule is CC[C@H](C)[C@@H]([C@@H](CC(=O)N1CCC[C@H]1[C@H](OC)[C@@H](C)C(=O)N[C@@H](Cc1ccccc1)C(=O)NCCCOC(=O)C(C)NC(=O)CCC(NC(=O)CCNC(=O)OCC(NC(=O)CNC(=O)CCNC(=O)CCOCC(C)(C)C)C(=O)NCCOC)C(=O)O)OC)N(C)C(=O)[C@@H](NC(=O)[C@@H](N(C)C)C(C)(C)C)C(C)C. The average molecular weight is 1550 g/mol. The van der Waals surface area contributed by atoms with Crippen LogP contribution in [-0.4, -0.2) is 278 Å². The summed E-state index contributed by atoms with van der Waals surface area (Å²) >= 11 is 0. The minimum atomic E-state index is -1.57. The normalized spacial score (nSPS) is 16.0. The largest absolute Gasteiger partial charge is 0.480 e. The number of ether oxygens (including phenoxy) is 6. The van der Waals surface area contributed by atoms with Crippen LogP contribution in [0.1, 0.15) is 153 Å². The van der Waals surface area contributed by atoms with Gasteiger partial charge in [-0.1, -0.05) is 113 Å². The lowest BCUT2D eigenvalue weighted by molar-refractivity contribution is -0.148. The van der Waals surface area contributed by atoms with Gasteiger partial charge in [0.05, 0.1) is 75.6 Å². The third-order valence-corrected chi connectivity index (χ3v) is 18.3. The van der Waals surface area contributed by atoms with Gasteiger partial charge in [-0.15, -0.1) is 0 Å². The topological polar surface area (TPSA) is 445 Å². The summed E-state index contributed by atoms with van der Waals surface area (Å²) in [7, 11) is 9.70. The maximum absolute atomic E-state index is 14.6. The van der Waals surface area contributed by atoms with E-state index in [9.17, 15) is 72.2 Å². The fraction of sp³-hybridized carbons (Fsp3) is 0.733. The van der Waals surface area contributed by atoms with Gasteiger partial charge in [0.2, 0.25) is 65.0 Å². The van der Waals surface area contributed by atoms with Crippen LogP contribution in [-0.2, 0) is 97.2 Å². The average Bonchev–Trinajstić information content (AvgIpc) is 1.77. The number of aliphatic carboxylic acids is 1. The lowest BCUT2D eigenvalue weighted by atomic mass is 9.85. The standard InChI is InChI=1S/C75H127N13O21/c1-19-47(4)63(87(15)70(99)62(46(2)3)85-69(98)65(86(13)14)75(10,11)12)55(105-17)42-61(94)88-37-23-27-54(88)64(106-18)48(5)66(95)84-52(41-50-25-21-20-22-26-50)67(96)77-33-24-38-108-72(102)49(6)81-58(91)29-28-51(71(100)101)82-59(92)31-35-79-73(103)109-44-53(68(97)78-36-40-104-16)83-60(93)43-80-56(89)30-34-76-57(90)32-39-107-45-74(7,8)9/h20-22,25-26,46-49,51-55,62-65H,19,23-24,27-45H2,1-18H3,(H,76,90)(H,77,96)(H,78,97)(H,79,103)(H,80,89)(H,81,91)(H,82,92)(H,83,93)(H,84,95)(H,85,98)(H,100,101)/t47-,48+,49?,51?,52-,53?,54-,55+,62-,63-,64+,65+/m0/s1. The molecule has 12 amide bonds. The zero-order valence-corrected chi connectivity index (χ0v) is 67.4. The first-order valence-corrected chi connectivity index (χ1v) is 37.5. The van der Waals surface area contributed by atoms with E-state index in [0.717, 1.165) is 5.56 Å². The molecular weight excluding hydrogens is 1420 g/mol. The number of alkyl carbamates (subject to hydrolysis) is 1. The van der Waals surface area contributed by atoms with Crippen LogP contribution in [0.25, 0.3) is 0 Å². The summed E-state index contributed by atoms with van der Waals surface area (Å²) in [6.07, 6.45) is -2.11. The van der Waals surface area contributed by atoms with Gasteiger partial charge in [-0.3, -0.25) is 57.6 Å². The molecular formula is C75H127N13O21. The van der Waals surface area contributed by atoms with Crippen molar-refractivity contribution in [3.8, 4) is 0 Å². The number of amides is 12. The molecule has 1 aromatic rings. The predicted octanol–water partition coefficient (Wildman–Crippen LogP) is 1.09. The van der Waals surface area contributed by atoms with Crippen LogP contribution >= 0.6 is 0 Å². The molecule has 34 nitrogen and oxygen atoms in total. The molecule has 0 saturated carbocycles. The number of nitrogens with one attached hydrogen (secondary N) is 10. The molecule has 0 radical (unpaired) electrons. The second-order valence-electron chi connectivity index (χ2n) is 30.3. The first-order chi connectivity index (χ1) is 51.2. The number of hydrogen-bond acceptors (Lipinski definition) is 21. The van der Waals surface area contributed by atoms with Crippen molar-refractivity contribution in [1.29, 1.82) is 0 Å². The number of esters is 1. The van der Waals surface area contributed by atoms with Crippen molar-refractivity contribution in [1.82, 2.24) is 67.9 Å². The predicted molar refractivity (Wildman–Crippen MR) is 403 cm³/mol. The van der Waals surface area contributed by atoms with Crippen molar-refractivity contribution in [3.63, 3.8) is 0 Å². The van der Waals surface area contributed by atoms with E-state index >= 15 is 0 Å². The van der Waals surface area contributed by atoms with Gasteiger partial charge < -0.3 is 96.5 Å². The summed E-state index contributed by atoms with van der Waals surface area (Å²) in [6.45, 7) is 22.0. The van der Waals surface area contributed by atoms with E-state index < -0.39 is 164 Å². The smallest absolute Gasteiger partial charge is 0.407 e. The van der Waals surface area contributed by atoms with E-state index in [0.29, 0.717) is 32.4 Å². The van der Waals surface area contributed by atoms with E-state index in [1.807, 2.05) is 106 Å². The number of carbonyl (C=O) groups excluding carboxylic acids is 13. The van der Waals surface area contributed by atoms with Crippen LogP contribution in [0.15, 0.2) is 30.3 Å². The molecule has 0 aromatic heterocycles. The molecule has 1 heterocycles. The number of carboxylic acid groups (broad SMARTS) is 1. The first-order valence-electron chi connectivity index (χ1n) is 37.5. The molecule has 0 spiro atoms. The van der Waals surface area contributed by atoms with Crippen molar-refractivity contribution in [2.24, 2.45) is 28.6 Å². The third kappa shape index (κ3) is 36.2. The van der Waals surface area contributed by atoms with Crippen LogP contribution in [0.4, 0.5) is 4.79 Å². The minimum Gasteiger partial charge on any atom is -0.480 e. The fourth-order valence-electron chi connectivity index (χ4n) is 12.4. The quantitative estimate of drug-likeness (QED) is 0.0321. The van der Waals surface area contributed by atoms with E-state index in [1.54, 1.807) is 35.9 Å². The maximum atomic E-state index is 14.6. The molecule has 1 aliphatic rings. The maximum Gasteiger partial charge on any atom is 0.407 e. The monoisotopic (exact) mass is 1550 g/mol. The molecule has 1 fully saturated rings. The molecule has 11 N–H and O–H groups in total. The van der Waals surface area contributed by atoms with Crippen molar-refractivity contribution in [2.75, 3.05) is 115 Å². The van der Waals surface area contributed by atoms with Gasteiger partial charge in [0.25, 0.3) is 0 Å². The Balaban J connectivity index is 1.96. The lowest BCUT2D eigenvalue weighted by Gasteiger charge is -2.41. The number of methoxy groups -OCH3 is 3. The Labute approximate surface area is 642 Å². The summed E-state index contributed by atoms with van der Waals surface area (Å²) in [5, 5.41) is 35.4. The number of benzene rings is 1. The summed E-state index contributed by atoms with van der Waals surface area (Å²) in [5.41, 5.74) is 0.257. The van der Waals surface area contributed by atoms with Crippen molar-refractivity contribution < 1.29 is 101 Å². The summed E-state index contributed by atoms with van der Waals surface area (Å²) in [5.74, 6) is -9.53. The highest BCUT2D eigenvalue weighted by Crippen LogP contribution is 2.31. The number of hydrogen-bond donors (Lipinski definition) is 11. The molecule has 2 rings (SSSR count). The number of carbonyl (C=O) groups is 14. The van der Waals surface area contributed by atoms with E-state index in [-0.39, 0.29) is 119 Å². The van der Waals surface area contributed by atoms with Crippen LogP contribution < -0.4 is 53.2 Å². The molecule has 3 unspecified atom stereocenters. The summed E-state index contributed by atoms with van der Waals surface area (Å²) in [4.78, 5) is 190. The molecule has 0 bridgehead atoms. The van der Waals surface area contributed by atoms with E-state index in [1.165, 1.54) is 28.3 Å². The molecule has 34 heteroatoms. The highest BCUT2D eigenvalue weighted by molar-refractivity contribution is 5.93. The molecule has 109 heavy (non-hydrogen) atoms. The molecule has 618 valence electrons. The molecule has 1 aromatic carbocycles. The number of carboxylic acids is 1. The Morgan fingerprint density at radius 3 is 1.83 bits per heavy atom. The van der Waals surface area contributed by atoms with Gasteiger partial charge in [0, 0.05) is 93.2 Å². The highest BCUT2D eigenvalue weighted by atomic mass is 16.6. The zero-order valence-electron chi connectivity index (χ0n) is 67.4. The minimum absolute atomic E-state index is 0.00421. The molecule has 1 aliphatic heterocycles. The Hall–Kier alpha value is -8.60. The van der Waals surface area contributed by atoms with Crippen LogP contribution in [0.5, 0.6) is 0 Å². The van der Waals surface area contributed by atoms with Crippen molar-refractivity contribution >= 4 is 83.0 Å². The second kappa shape index (κ2) is 49.5. The van der Waals surface area contributed by atoms with Gasteiger partial charge >= 0.3 is 18.0 Å². The Morgan fingerprint density at radius 1 is 0.624 bits per heavy atom. The Morgan fingerprint density at radius 2 is 1.24 bits per heavy atom. The van der Waals surface area contributed by atoms with E-state index in [4.69, 9.17) is 28.4 Å². The molecule has 0 aliphatic carbocycles. The van der Waals surface area contributed by atoms with Crippen molar-refractivity contribution in [2.45, 2.75) is 214 Å². The van der Waals surface area contributed by atoms with Gasteiger partial charge in [-0.25, -0.2) is 14.4 Å². The Bertz CT molecular complexity index is 3090. The van der Waals surface area contributed by atoms with E-state index in [2.05, 4.69) is 53.2 Å². The number of nitrogens with zero attached hydrogens (tertiary/aromatic N) is 3. The van der Waals surface area contributed by atoms with Crippen LogP contribution in [0, 0.1) is 28.6 Å². The summed E-state index contributed by atoms with van der Waals surface area (Å²) < 4.78 is 33.0. The zero-order chi connectivity index (χ0) is 82.3. The lowest BCUT2D eigenvalue weighted by Crippen LogP contribution is -2.60. The van der Waals surface area contributed by atoms with Crippen LogP contribution in [0.3, 0.4) is 0 Å². The summed E-state index contributed by atoms with van der Waals surface area (Å²) in [6, 6.07) is 1.25. The van der Waals surface area contributed by atoms with Crippen LogP contribution in [0.2, 0.25) is 0 Å². The number of rotatable bonds is 50. The van der Waals surface area contributed by atoms with Gasteiger partial charge in [0.1, 0.15) is 36.8 Å². The molecule has 1 saturated heterocycles. The number of likely N-dealkylation sites (N-methyl/N-ethyl adjacent to an activating group) is 2. The molecule has 12 atom stereocenters. The fourth-order valence-corrected chi connectivity index (χ4v) is 12.4. The van der Waals surface area contributed by atoms with Crippen molar-refractivity contribution in [3.05, 3.63) is 35.9 Å². The second-order valence-corrected chi connectivity index (χ2v) is 30.3. The van der Waals surface area contributed by atoms with Gasteiger partial charge in [-0.05, 0) is 74.9 Å².